The van der Waals surface area contributed by atoms with E-state index in [1.165, 1.54) is 0 Å². The van der Waals surface area contributed by atoms with Crippen molar-refractivity contribution in [3.05, 3.63) is 60.3 Å². The van der Waals surface area contributed by atoms with Gasteiger partial charge in [0.2, 0.25) is 16.0 Å². The lowest BCUT2D eigenvalue weighted by molar-refractivity contribution is 0.416. The number of benzene rings is 2. The lowest BCUT2D eigenvalue weighted by atomic mass is 10.1. The third-order valence-electron chi connectivity index (χ3n) is 3.76. The van der Waals surface area contributed by atoms with Crippen LogP contribution in [0.1, 0.15) is 5.56 Å². The summed E-state index contributed by atoms with van der Waals surface area (Å²) in [7, 11) is -1.73. The molecule has 2 aromatic carbocycles. The van der Waals surface area contributed by atoms with Gasteiger partial charge in [-0.2, -0.15) is 0 Å². The van der Waals surface area contributed by atoms with Crippen LogP contribution in [0.25, 0.3) is 11.3 Å². The van der Waals surface area contributed by atoms with E-state index in [0.717, 1.165) is 28.8 Å². The molecule has 0 amide bonds. The third kappa shape index (κ3) is 4.73. The maximum absolute atomic E-state index is 11.4. The predicted molar refractivity (Wildman–Crippen MR) is 107 cm³/mol. The topological polar surface area (TPSA) is 93.2 Å². The fourth-order valence-electron chi connectivity index (χ4n) is 2.62. The molecule has 1 heterocycles. The molecule has 3 rings (SSSR count). The smallest absolute Gasteiger partial charge is 0.229 e. The van der Waals surface area contributed by atoms with E-state index in [1.807, 2.05) is 31.2 Å². The second-order valence-corrected chi connectivity index (χ2v) is 7.75. The van der Waals surface area contributed by atoms with E-state index in [4.69, 9.17) is 4.74 Å². The van der Waals surface area contributed by atoms with Gasteiger partial charge in [0.05, 0.1) is 24.7 Å². The van der Waals surface area contributed by atoms with Gasteiger partial charge >= 0.3 is 0 Å². The number of hydrogen-bond donors (Lipinski definition) is 2. The molecule has 0 atom stereocenters. The number of sulfonamides is 1. The highest BCUT2D eigenvalue weighted by Crippen LogP contribution is 2.31. The van der Waals surface area contributed by atoms with Crippen LogP contribution in [-0.4, -0.2) is 31.8 Å². The quantitative estimate of drug-likeness (QED) is 0.675. The maximum Gasteiger partial charge on any atom is 0.229 e. The molecular formula is C19H20N4O3S. The summed E-state index contributed by atoms with van der Waals surface area (Å²) in [5.41, 5.74) is 3.67. The highest BCUT2D eigenvalue weighted by atomic mass is 32.2. The maximum atomic E-state index is 11.4. The normalized spacial score (nSPS) is 11.1. The molecular weight excluding hydrogens is 364 g/mol. The number of nitrogens with zero attached hydrogens (tertiary/aromatic N) is 2. The summed E-state index contributed by atoms with van der Waals surface area (Å²) >= 11 is 0. The molecule has 0 unspecified atom stereocenters. The SMILES string of the molecule is COc1ccccc1-c1nc(Nc2cccc(NS(C)(=O)=O)c2)ncc1C. The van der Waals surface area contributed by atoms with Crippen LogP contribution in [0.5, 0.6) is 5.75 Å². The molecule has 0 saturated heterocycles. The number of rotatable bonds is 6. The molecule has 8 heteroatoms. The first-order chi connectivity index (χ1) is 12.9. The molecule has 1 aromatic heterocycles. The van der Waals surface area contributed by atoms with Crippen LogP contribution in [0.15, 0.2) is 54.7 Å². The molecule has 0 bridgehead atoms. The summed E-state index contributed by atoms with van der Waals surface area (Å²) in [6, 6.07) is 14.5. The average Bonchev–Trinajstić information content (AvgIpc) is 2.62. The monoisotopic (exact) mass is 384 g/mol. The van der Waals surface area contributed by atoms with Gasteiger partial charge in [0.25, 0.3) is 0 Å². The van der Waals surface area contributed by atoms with E-state index in [-0.39, 0.29) is 0 Å². The summed E-state index contributed by atoms with van der Waals surface area (Å²) in [6.07, 6.45) is 2.84. The minimum Gasteiger partial charge on any atom is -0.496 e. The van der Waals surface area contributed by atoms with Gasteiger partial charge in [0.15, 0.2) is 0 Å². The Hall–Kier alpha value is -3.13. The van der Waals surface area contributed by atoms with Crippen LogP contribution in [0.3, 0.4) is 0 Å². The van der Waals surface area contributed by atoms with E-state index >= 15 is 0 Å². The Morgan fingerprint density at radius 2 is 1.78 bits per heavy atom. The van der Waals surface area contributed by atoms with Crippen molar-refractivity contribution in [2.45, 2.75) is 6.92 Å². The molecule has 0 radical (unpaired) electrons. The first kappa shape index (κ1) is 18.7. The van der Waals surface area contributed by atoms with Crippen molar-refractivity contribution in [1.82, 2.24) is 9.97 Å². The molecule has 3 aromatic rings. The van der Waals surface area contributed by atoms with Gasteiger partial charge in [-0.1, -0.05) is 18.2 Å². The number of ether oxygens (including phenoxy) is 1. The highest BCUT2D eigenvalue weighted by molar-refractivity contribution is 7.92. The summed E-state index contributed by atoms with van der Waals surface area (Å²) in [4.78, 5) is 8.93. The van der Waals surface area contributed by atoms with E-state index < -0.39 is 10.0 Å². The number of methoxy groups -OCH3 is 1. The summed E-state index contributed by atoms with van der Waals surface area (Å²) in [5.74, 6) is 1.13. The third-order valence-corrected chi connectivity index (χ3v) is 4.36. The summed E-state index contributed by atoms with van der Waals surface area (Å²) in [5, 5.41) is 3.11. The Labute approximate surface area is 158 Å². The van der Waals surface area contributed by atoms with Gasteiger partial charge in [-0.3, -0.25) is 4.72 Å². The minimum atomic E-state index is -3.35. The van der Waals surface area contributed by atoms with E-state index in [2.05, 4.69) is 20.0 Å². The zero-order valence-electron chi connectivity index (χ0n) is 15.2. The molecule has 7 nitrogen and oxygen atoms in total. The van der Waals surface area contributed by atoms with Crippen molar-refractivity contribution in [1.29, 1.82) is 0 Å². The second-order valence-electron chi connectivity index (χ2n) is 6.01. The molecule has 0 spiro atoms. The molecule has 27 heavy (non-hydrogen) atoms. The molecule has 0 saturated carbocycles. The van der Waals surface area contributed by atoms with Gasteiger partial charge in [-0.15, -0.1) is 0 Å². The van der Waals surface area contributed by atoms with Crippen LogP contribution >= 0.6 is 0 Å². The lowest BCUT2D eigenvalue weighted by Gasteiger charge is -2.12. The number of anilines is 3. The van der Waals surface area contributed by atoms with Gasteiger partial charge in [-0.05, 0) is 42.8 Å². The largest absolute Gasteiger partial charge is 0.496 e. The van der Waals surface area contributed by atoms with Crippen LogP contribution < -0.4 is 14.8 Å². The number of aryl methyl sites for hydroxylation is 1. The van der Waals surface area contributed by atoms with Crippen molar-refractivity contribution in [3.8, 4) is 17.0 Å². The van der Waals surface area contributed by atoms with Crippen molar-refractivity contribution < 1.29 is 13.2 Å². The number of para-hydroxylation sites is 1. The Morgan fingerprint density at radius 1 is 1.04 bits per heavy atom. The molecule has 140 valence electrons. The van der Waals surface area contributed by atoms with Gasteiger partial charge in [-0.25, -0.2) is 18.4 Å². The second kappa shape index (κ2) is 7.63. The van der Waals surface area contributed by atoms with Gasteiger partial charge < -0.3 is 10.1 Å². The summed E-state index contributed by atoms with van der Waals surface area (Å²) in [6.45, 7) is 1.93. The molecule has 0 aliphatic rings. The van der Waals surface area contributed by atoms with Crippen molar-refractivity contribution in [3.63, 3.8) is 0 Å². The zero-order valence-corrected chi connectivity index (χ0v) is 16.0. The first-order valence-corrected chi connectivity index (χ1v) is 10.1. The molecule has 0 aliphatic carbocycles. The molecule has 0 aliphatic heterocycles. The summed E-state index contributed by atoms with van der Waals surface area (Å²) < 4.78 is 30.7. The van der Waals surface area contributed by atoms with Gasteiger partial charge in [0.1, 0.15) is 5.75 Å². The Balaban J connectivity index is 1.92. The Kier molecular flexibility index (Phi) is 5.27. The number of hydrogen-bond acceptors (Lipinski definition) is 6. The number of aromatic nitrogens is 2. The average molecular weight is 384 g/mol. The fourth-order valence-corrected chi connectivity index (χ4v) is 3.17. The molecule has 0 fully saturated rings. The van der Waals surface area contributed by atoms with Crippen molar-refractivity contribution in [2.75, 3.05) is 23.4 Å². The van der Waals surface area contributed by atoms with E-state index in [0.29, 0.717) is 17.3 Å². The van der Waals surface area contributed by atoms with E-state index in [9.17, 15) is 8.42 Å². The standard InChI is InChI=1S/C19H20N4O3S/c1-13-12-20-19(22-18(13)16-9-4-5-10-17(16)26-2)21-14-7-6-8-15(11-14)23-27(3,24)25/h4-12,23H,1-3H3,(H,20,21,22). The van der Waals surface area contributed by atoms with E-state index in [1.54, 1.807) is 37.6 Å². The molecule has 2 N–H and O–H groups in total. The first-order valence-electron chi connectivity index (χ1n) is 8.17. The minimum absolute atomic E-state index is 0.401. The van der Waals surface area contributed by atoms with Crippen LogP contribution in [-0.2, 0) is 10.0 Å². The van der Waals surface area contributed by atoms with Crippen LogP contribution in [0.4, 0.5) is 17.3 Å². The Bertz CT molecular complexity index is 1070. The van der Waals surface area contributed by atoms with Crippen LogP contribution in [0.2, 0.25) is 0 Å². The zero-order chi connectivity index (χ0) is 19.4. The van der Waals surface area contributed by atoms with Crippen molar-refractivity contribution in [2.24, 2.45) is 0 Å². The predicted octanol–water partition coefficient (Wildman–Crippen LogP) is 3.58. The number of nitrogens with one attached hydrogen (secondary N) is 2. The highest BCUT2D eigenvalue weighted by Gasteiger charge is 2.12. The van der Waals surface area contributed by atoms with Crippen molar-refractivity contribution >= 4 is 27.3 Å². The Morgan fingerprint density at radius 3 is 2.52 bits per heavy atom. The van der Waals surface area contributed by atoms with Crippen LogP contribution in [0, 0.1) is 6.92 Å². The fraction of sp³-hybridized carbons (Fsp3) is 0.158. The lowest BCUT2D eigenvalue weighted by Crippen LogP contribution is -2.09. The van der Waals surface area contributed by atoms with Gasteiger partial charge in [0, 0.05) is 17.4 Å².